The van der Waals surface area contributed by atoms with Gasteiger partial charge in [0.2, 0.25) is 0 Å². The van der Waals surface area contributed by atoms with E-state index in [9.17, 15) is 0 Å². The van der Waals surface area contributed by atoms with Crippen LogP contribution in [-0.4, -0.2) is 41.3 Å². The van der Waals surface area contributed by atoms with E-state index in [2.05, 4.69) is 5.32 Å². The first-order chi connectivity index (χ1) is 6.86. The summed E-state index contributed by atoms with van der Waals surface area (Å²) >= 11 is 0. The van der Waals surface area contributed by atoms with E-state index in [4.69, 9.17) is 25.5 Å². The third kappa shape index (κ3) is 32.2. The molecular formula is C9H20N2O4. The fraction of sp³-hybridized carbons (Fsp3) is 0.778. The second-order valence-corrected chi connectivity index (χ2v) is 3.14. The van der Waals surface area contributed by atoms with Gasteiger partial charge in [0.05, 0.1) is 0 Å². The van der Waals surface area contributed by atoms with Gasteiger partial charge in [-0.15, -0.1) is 0 Å². The van der Waals surface area contributed by atoms with Gasteiger partial charge >= 0.3 is 0 Å². The molecule has 0 aromatic carbocycles. The van der Waals surface area contributed by atoms with E-state index in [1.165, 1.54) is 12.8 Å². The molecule has 0 amide bonds. The van der Waals surface area contributed by atoms with Crippen LogP contribution in [0.5, 0.6) is 0 Å². The number of hydrogen-bond donors (Lipinski definition) is 4. The predicted molar refractivity (Wildman–Crippen MR) is 56.7 cm³/mol. The summed E-state index contributed by atoms with van der Waals surface area (Å²) in [6.07, 6.45) is 2.45. The number of aliphatic carboxylic acids is 2. The smallest absolute Gasteiger partial charge is 0.300 e. The molecule has 90 valence electrons. The lowest BCUT2D eigenvalue weighted by Crippen LogP contribution is -2.39. The van der Waals surface area contributed by atoms with Crippen LogP contribution >= 0.6 is 0 Å². The Kier molecular flexibility index (Phi) is 11.9. The zero-order valence-corrected chi connectivity index (χ0v) is 9.19. The first kappa shape index (κ1) is 16.3. The molecule has 1 aliphatic heterocycles. The van der Waals surface area contributed by atoms with Crippen LogP contribution in [0.25, 0.3) is 0 Å². The van der Waals surface area contributed by atoms with Crippen molar-refractivity contribution in [3.05, 3.63) is 0 Å². The quantitative estimate of drug-likeness (QED) is 0.452. The van der Waals surface area contributed by atoms with E-state index >= 15 is 0 Å². The summed E-state index contributed by atoms with van der Waals surface area (Å²) in [5.41, 5.74) is 5.57. The van der Waals surface area contributed by atoms with Crippen molar-refractivity contribution in [1.29, 1.82) is 0 Å². The molecule has 1 unspecified atom stereocenters. The van der Waals surface area contributed by atoms with Gasteiger partial charge in [0.15, 0.2) is 0 Å². The predicted octanol–water partition coefficient (Wildman–Crippen LogP) is -0.121. The van der Waals surface area contributed by atoms with E-state index in [0.717, 1.165) is 26.9 Å². The zero-order chi connectivity index (χ0) is 12.3. The molecular weight excluding hydrogens is 200 g/mol. The number of hydrogen-bond acceptors (Lipinski definition) is 4. The van der Waals surface area contributed by atoms with E-state index < -0.39 is 11.9 Å². The van der Waals surface area contributed by atoms with Gasteiger partial charge in [0.1, 0.15) is 0 Å². The molecule has 0 saturated carbocycles. The molecule has 0 aromatic heterocycles. The minimum Gasteiger partial charge on any atom is -0.481 e. The molecule has 6 nitrogen and oxygen atoms in total. The Labute approximate surface area is 89.5 Å². The maximum Gasteiger partial charge on any atom is 0.300 e. The van der Waals surface area contributed by atoms with E-state index in [0.29, 0.717) is 6.04 Å². The van der Waals surface area contributed by atoms with Crippen molar-refractivity contribution in [2.75, 3.05) is 13.1 Å². The van der Waals surface area contributed by atoms with E-state index in [1.807, 2.05) is 0 Å². The number of piperidine rings is 1. The highest BCUT2D eigenvalue weighted by Gasteiger charge is 2.05. The van der Waals surface area contributed by atoms with Crippen LogP contribution in [0.3, 0.4) is 0 Å². The first-order valence-electron chi connectivity index (χ1n) is 4.71. The number of carbonyl (C=O) groups is 2. The lowest BCUT2D eigenvalue weighted by atomic mass is 10.1. The zero-order valence-electron chi connectivity index (χ0n) is 9.19. The van der Waals surface area contributed by atoms with Gasteiger partial charge in [-0.05, 0) is 19.4 Å². The third-order valence-electron chi connectivity index (χ3n) is 1.33. The molecule has 1 aliphatic rings. The number of carboxylic acid groups (broad SMARTS) is 2. The van der Waals surface area contributed by atoms with Crippen LogP contribution in [0, 0.1) is 0 Å². The summed E-state index contributed by atoms with van der Waals surface area (Å²) in [5.74, 6) is -1.67. The Morgan fingerprint density at radius 1 is 1.27 bits per heavy atom. The molecule has 5 N–H and O–H groups in total. The van der Waals surface area contributed by atoms with Gasteiger partial charge in [-0.1, -0.05) is 0 Å². The maximum absolute atomic E-state index is 9.00. The minimum absolute atomic E-state index is 0.425. The monoisotopic (exact) mass is 220 g/mol. The Hall–Kier alpha value is -1.14. The molecule has 1 atom stereocenters. The van der Waals surface area contributed by atoms with Crippen molar-refractivity contribution in [3.8, 4) is 0 Å². The SMILES string of the molecule is CC(=O)O.CC(=O)O.NC1CCCNC1. The van der Waals surface area contributed by atoms with Crippen LogP contribution in [0.4, 0.5) is 0 Å². The Morgan fingerprint density at radius 2 is 1.67 bits per heavy atom. The van der Waals surface area contributed by atoms with Crippen molar-refractivity contribution in [1.82, 2.24) is 5.32 Å². The lowest BCUT2D eigenvalue weighted by Gasteiger charge is -2.17. The topological polar surface area (TPSA) is 113 Å². The van der Waals surface area contributed by atoms with E-state index in [-0.39, 0.29) is 0 Å². The van der Waals surface area contributed by atoms with Crippen molar-refractivity contribution >= 4 is 11.9 Å². The summed E-state index contributed by atoms with van der Waals surface area (Å²) in [6.45, 7) is 4.34. The van der Waals surface area contributed by atoms with Crippen molar-refractivity contribution < 1.29 is 19.8 Å². The lowest BCUT2D eigenvalue weighted by molar-refractivity contribution is -0.135. The first-order valence-corrected chi connectivity index (χ1v) is 4.71. The third-order valence-corrected chi connectivity index (χ3v) is 1.33. The minimum atomic E-state index is -0.833. The van der Waals surface area contributed by atoms with E-state index in [1.54, 1.807) is 0 Å². The standard InChI is InChI=1S/C5H12N2.2C2H4O2/c6-5-2-1-3-7-4-5;2*1-2(3)4/h5,7H,1-4,6H2;2*1H3,(H,3,4). The molecule has 0 bridgehead atoms. The fourth-order valence-electron chi connectivity index (χ4n) is 0.879. The molecule has 1 fully saturated rings. The molecule has 0 spiro atoms. The summed E-state index contributed by atoms with van der Waals surface area (Å²) in [4.78, 5) is 18.0. The van der Waals surface area contributed by atoms with Crippen molar-refractivity contribution in [2.45, 2.75) is 32.7 Å². The number of nitrogens with two attached hydrogens (primary N) is 1. The van der Waals surface area contributed by atoms with Gasteiger partial charge in [-0.25, -0.2) is 0 Å². The highest BCUT2D eigenvalue weighted by molar-refractivity contribution is 5.63. The van der Waals surface area contributed by atoms with Gasteiger partial charge in [0.25, 0.3) is 11.9 Å². The molecule has 15 heavy (non-hydrogen) atoms. The number of carboxylic acids is 2. The average molecular weight is 220 g/mol. The Bertz CT molecular complexity index is 159. The largest absolute Gasteiger partial charge is 0.481 e. The van der Waals surface area contributed by atoms with Gasteiger partial charge < -0.3 is 21.3 Å². The van der Waals surface area contributed by atoms with Gasteiger partial charge in [-0.2, -0.15) is 0 Å². The van der Waals surface area contributed by atoms with Crippen LogP contribution in [0.15, 0.2) is 0 Å². The van der Waals surface area contributed by atoms with Crippen molar-refractivity contribution in [2.24, 2.45) is 5.73 Å². The Morgan fingerprint density at radius 3 is 1.80 bits per heavy atom. The number of rotatable bonds is 0. The number of nitrogens with one attached hydrogen (secondary N) is 1. The van der Waals surface area contributed by atoms with Crippen LogP contribution in [0.1, 0.15) is 26.7 Å². The molecule has 1 saturated heterocycles. The molecule has 1 rings (SSSR count). The normalized spacial score (nSPS) is 18.7. The van der Waals surface area contributed by atoms with Crippen LogP contribution in [-0.2, 0) is 9.59 Å². The van der Waals surface area contributed by atoms with Crippen molar-refractivity contribution in [3.63, 3.8) is 0 Å². The molecule has 0 radical (unpaired) electrons. The summed E-state index contributed by atoms with van der Waals surface area (Å²) in [5, 5.41) is 18.0. The van der Waals surface area contributed by atoms with Gasteiger partial charge in [0, 0.05) is 26.4 Å². The summed E-state index contributed by atoms with van der Waals surface area (Å²) in [7, 11) is 0. The average Bonchev–Trinajstić information content (AvgIpc) is 2.03. The fourth-order valence-corrected chi connectivity index (χ4v) is 0.879. The second-order valence-electron chi connectivity index (χ2n) is 3.14. The maximum atomic E-state index is 9.00. The van der Waals surface area contributed by atoms with Crippen LogP contribution in [0.2, 0.25) is 0 Å². The highest BCUT2D eigenvalue weighted by atomic mass is 16.4. The molecule has 6 heteroatoms. The van der Waals surface area contributed by atoms with Crippen LogP contribution < -0.4 is 11.1 Å². The highest BCUT2D eigenvalue weighted by Crippen LogP contribution is 1.96. The molecule has 0 aromatic rings. The second kappa shape index (κ2) is 10.9. The summed E-state index contributed by atoms with van der Waals surface area (Å²) in [6, 6.07) is 0.425. The van der Waals surface area contributed by atoms with Gasteiger partial charge in [-0.3, -0.25) is 9.59 Å². The Balaban J connectivity index is 0. The molecule has 1 heterocycles. The summed E-state index contributed by atoms with van der Waals surface area (Å²) < 4.78 is 0. The molecule has 0 aliphatic carbocycles.